The molecule has 12 nitrogen and oxygen atoms in total. The highest BCUT2D eigenvalue weighted by Crippen LogP contribution is 2.36. The average Bonchev–Trinajstić information content (AvgIpc) is 3.06. The molecule has 0 atom stereocenters. The molecule has 1 aromatic heterocycles. The number of hydrogen-bond donors (Lipinski definition) is 4. The van der Waals surface area contributed by atoms with Gasteiger partial charge in [0, 0.05) is 62.8 Å². The first-order valence-corrected chi connectivity index (χ1v) is 15.3. The van der Waals surface area contributed by atoms with Crippen LogP contribution in [0.3, 0.4) is 0 Å². The van der Waals surface area contributed by atoms with E-state index in [4.69, 9.17) is 20.4 Å². The minimum absolute atomic E-state index is 0.122. The fraction of sp³-hybridized carbons (Fsp3) is 0.375. The highest BCUT2D eigenvalue weighted by molar-refractivity contribution is 6.18. The van der Waals surface area contributed by atoms with Gasteiger partial charge in [-0.15, -0.1) is 0 Å². The van der Waals surface area contributed by atoms with Gasteiger partial charge in [0.05, 0.1) is 30.7 Å². The minimum atomic E-state index is -5.08. The summed E-state index contributed by atoms with van der Waals surface area (Å²) in [5.41, 5.74) is 7.20. The molecule has 2 fully saturated rings. The number of nitrogens with two attached hydrogens (primary N) is 1. The summed E-state index contributed by atoms with van der Waals surface area (Å²) < 4.78 is 79.6. The molecule has 0 saturated carbocycles. The number of carbonyl (C=O) groups is 2. The number of carboxylic acid groups (broad SMARTS) is 1. The van der Waals surface area contributed by atoms with Crippen LogP contribution in [0, 0.1) is 0 Å². The molecule has 0 spiro atoms. The third-order valence-electron chi connectivity index (χ3n) is 7.80. The molecular weight excluding hydrogens is 674 g/mol. The predicted octanol–water partition coefficient (Wildman–Crippen LogP) is 4.70. The Bertz CT molecular complexity index is 1670. The lowest BCUT2D eigenvalue weighted by Crippen LogP contribution is -2.44. The van der Waals surface area contributed by atoms with Crippen molar-refractivity contribution in [3.05, 3.63) is 71.9 Å². The van der Waals surface area contributed by atoms with E-state index in [0.29, 0.717) is 62.1 Å². The maximum Gasteiger partial charge on any atom is 0.490 e. The Morgan fingerprint density at radius 1 is 0.960 bits per heavy atom. The van der Waals surface area contributed by atoms with E-state index in [-0.39, 0.29) is 29.3 Å². The zero-order valence-electron chi connectivity index (χ0n) is 26.9. The summed E-state index contributed by atoms with van der Waals surface area (Å²) in [5, 5.41) is 13.3. The van der Waals surface area contributed by atoms with Crippen molar-refractivity contribution in [3.8, 4) is 0 Å². The zero-order valence-corrected chi connectivity index (χ0v) is 26.9. The van der Waals surface area contributed by atoms with Gasteiger partial charge in [-0.25, -0.2) is 9.78 Å². The first-order valence-electron chi connectivity index (χ1n) is 15.3. The number of nitrogens with zero attached hydrogens (tertiary/aromatic N) is 5. The maximum absolute atomic E-state index is 14.1. The number of aliphatic carboxylic acids is 1. The van der Waals surface area contributed by atoms with Gasteiger partial charge in [-0.3, -0.25) is 9.69 Å². The van der Waals surface area contributed by atoms with Crippen LogP contribution in [0.4, 0.5) is 55.2 Å². The van der Waals surface area contributed by atoms with Crippen LogP contribution in [0.2, 0.25) is 0 Å². The maximum atomic E-state index is 14.1. The summed E-state index contributed by atoms with van der Waals surface area (Å²) in [6, 6.07) is 11.2. The number of amides is 1. The lowest BCUT2D eigenvalue weighted by molar-refractivity contribution is -0.192. The Hall–Kier alpha value is -4.94. The summed E-state index contributed by atoms with van der Waals surface area (Å²) >= 11 is 0. The normalized spacial score (nSPS) is 15.9. The number of benzene rings is 2. The van der Waals surface area contributed by atoms with Crippen LogP contribution in [0.25, 0.3) is 5.57 Å². The Morgan fingerprint density at radius 3 is 2.20 bits per heavy atom. The summed E-state index contributed by atoms with van der Waals surface area (Å²) in [5.74, 6) is -2.83. The van der Waals surface area contributed by atoms with E-state index in [9.17, 15) is 31.1 Å². The molecular formula is C32H36F6N8O4. The molecule has 0 unspecified atom stereocenters. The first-order chi connectivity index (χ1) is 23.5. The number of piperazine rings is 1. The third kappa shape index (κ3) is 10.5. The second kappa shape index (κ2) is 16.2. The van der Waals surface area contributed by atoms with Crippen LogP contribution < -0.4 is 21.3 Å². The molecule has 1 amide bonds. The molecule has 2 aliphatic rings. The predicted molar refractivity (Wildman–Crippen MR) is 174 cm³/mol. The van der Waals surface area contributed by atoms with Gasteiger partial charge in [-0.05, 0) is 42.4 Å². The molecule has 0 bridgehead atoms. The summed E-state index contributed by atoms with van der Waals surface area (Å²) in [7, 11) is 2.01. The van der Waals surface area contributed by atoms with Crippen molar-refractivity contribution in [1.29, 1.82) is 0 Å². The van der Waals surface area contributed by atoms with Crippen LogP contribution in [-0.2, 0) is 27.0 Å². The van der Waals surface area contributed by atoms with E-state index in [0.717, 1.165) is 19.2 Å². The Labute approximate surface area is 283 Å². The highest BCUT2D eigenvalue weighted by atomic mass is 19.4. The topological polar surface area (TPSA) is 149 Å². The molecule has 0 radical (unpaired) electrons. The van der Waals surface area contributed by atoms with Crippen LogP contribution in [0.15, 0.2) is 55.2 Å². The van der Waals surface area contributed by atoms with Gasteiger partial charge in [-0.2, -0.15) is 31.3 Å². The molecule has 18 heteroatoms. The van der Waals surface area contributed by atoms with Gasteiger partial charge in [0.25, 0.3) is 0 Å². The number of carboxylic acids is 1. The van der Waals surface area contributed by atoms with E-state index >= 15 is 0 Å². The van der Waals surface area contributed by atoms with Gasteiger partial charge in [0.2, 0.25) is 11.9 Å². The van der Waals surface area contributed by atoms with Crippen LogP contribution in [-0.4, -0.2) is 102 Å². The summed E-state index contributed by atoms with van der Waals surface area (Å²) in [6.45, 7) is 9.35. The molecule has 270 valence electrons. The number of morpholine rings is 1. The number of alkyl halides is 6. The number of halogens is 6. The van der Waals surface area contributed by atoms with Crippen molar-refractivity contribution in [3.63, 3.8) is 0 Å². The van der Waals surface area contributed by atoms with Gasteiger partial charge in [-0.1, -0.05) is 24.8 Å². The van der Waals surface area contributed by atoms with Crippen LogP contribution in [0.1, 0.15) is 16.7 Å². The van der Waals surface area contributed by atoms with Crippen LogP contribution in [0.5, 0.6) is 0 Å². The molecule has 2 aliphatic heterocycles. The van der Waals surface area contributed by atoms with Crippen molar-refractivity contribution in [2.45, 2.75) is 18.9 Å². The SMILES string of the molecule is C=C(C(N)=O)c1cccc(Nc2nc(Nc3ccc(CN4CCN(C)CC4)c(C(F)(F)F)c3)ncc2N2CCOCC2)c1.O=C(O)C(F)(F)F. The van der Waals surface area contributed by atoms with E-state index < -0.39 is 29.8 Å². The largest absolute Gasteiger partial charge is 0.490 e. The molecule has 2 saturated heterocycles. The standard InChI is InChI=1S/C30H35F3N8O2.C2HF3O2/c1-20(27(34)42)21-4-3-5-23(16-21)36-28-26(41-12-14-43-15-13-41)18-35-29(38-28)37-24-7-6-22(25(17-24)30(31,32)33)19-40-10-8-39(2)9-11-40;3-2(4,5)1(6)7/h3-7,16-18H,1,8-15,19H2,2H3,(H2,34,42)(H2,35,36,37,38);(H,6,7). The Morgan fingerprint density at radius 2 is 1.60 bits per heavy atom. The van der Waals surface area contributed by atoms with Crippen molar-refractivity contribution < 1.29 is 45.8 Å². The molecule has 50 heavy (non-hydrogen) atoms. The number of anilines is 5. The van der Waals surface area contributed by atoms with Gasteiger partial charge >= 0.3 is 18.3 Å². The van der Waals surface area contributed by atoms with Crippen LogP contribution >= 0.6 is 0 Å². The molecule has 2 aromatic carbocycles. The first kappa shape index (κ1) is 37.9. The fourth-order valence-electron chi connectivity index (χ4n) is 5.06. The molecule has 0 aliphatic carbocycles. The highest BCUT2D eigenvalue weighted by Gasteiger charge is 2.38. The van der Waals surface area contributed by atoms with E-state index in [2.05, 4.69) is 37.0 Å². The molecule has 3 aromatic rings. The lowest BCUT2D eigenvalue weighted by atomic mass is 10.0. The number of aromatic nitrogens is 2. The monoisotopic (exact) mass is 710 g/mol. The van der Waals surface area contributed by atoms with Crippen molar-refractivity contribution in [2.75, 3.05) is 75.1 Å². The van der Waals surface area contributed by atoms with Gasteiger partial charge in [0.15, 0.2) is 5.82 Å². The number of likely N-dealkylation sites (N-methyl/N-ethyl adjacent to an activating group) is 1. The quantitative estimate of drug-likeness (QED) is 0.181. The Balaban J connectivity index is 0.000000727. The summed E-state index contributed by atoms with van der Waals surface area (Å²) in [4.78, 5) is 35.9. The number of rotatable bonds is 9. The smallest absolute Gasteiger partial charge is 0.475 e. The molecule has 3 heterocycles. The molecule has 5 N–H and O–H groups in total. The van der Waals surface area contributed by atoms with E-state index in [1.807, 2.05) is 11.9 Å². The second-order valence-electron chi connectivity index (χ2n) is 11.5. The average molecular weight is 711 g/mol. The fourth-order valence-corrected chi connectivity index (χ4v) is 5.06. The van der Waals surface area contributed by atoms with E-state index in [1.54, 1.807) is 36.5 Å². The Kier molecular flexibility index (Phi) is 12.3. The van der Waals surface area contributed by atoms with Crippen molar-refractivity contribution in [1.82, 2.24) is 19.8 Å². The van der Waals surface area contributed by atoms with Crippen molar-refractivity contribution >= 4 is 46.3 Å². The third-order valence-corrected chi connectivity index (χ3v) is 7.80. The minimum Gasteiger partial charge on any atom is -0.475 e. The number of ether oxygens (including phenoxy) is 1. The number of hydrogen-bond acceptors (Lipinski definition) is 10. The van der Waals surface area contributed by atoms with E-state index in [1.165, 1.54) is 6.07 Å². The number of nitrogens with one attached hydrogen (secondary N) is 2. The number of carbonyl (C=O) groups excluding carboxylic acids is 1. The number of primary amides is 1. The van der Waals surface area contributed by atoms with Crippen molar-refractivity contribution in [2.24, 2.45) is 5.73 Å². The van der Waals surface area contributed by atoms with Gasteiger partial charge in [0.1, 0.15) is 0 Å². The lowest BCUT2D eigenvalue weighted by Gasteiger charge is -2.33. The van der Waals surface area contributed by atoms with Gasteiger partial charge < -0.3 is 36.0 Å². The molecule has 5 rings (SSSR count). The second-order valence-corrected chi connectivity index (χ2v) is 11.5. The zero-order chi connectivity index (χ0) is 36.6. The summed E-state index contributed by atoms with van der Waals surface area (Å²) in [6.07, 6.45) is -7.98.